The lowest BCUT2D eigenvalue weighted by Crippen LogP contribution is -2.52. The average Bonchev–Trinajstić information content (AvgIpc) is 3.11. The highest BCUT2D eigenvalue weighted by atomic mass is 19.3. The summed E-state index contributed by atoms with van der Waals surface area (Å²) in [4.78, 5) is 52.2. The van der Waals surface area contributed by atoms with E-state index in [1.807, 2.05) is 0 Å². The van der Waals surface area contributed by atoms with Crippen LogP contribution in [0.25, 0.3) is 0 Å². The van der Waals surface area contributed by atoms with E-state index in [0.29, 0.717) is 11.1 Å². The first-order valence-electron chi connectivity index (χ1n) is 10.8. The van der Waals surface area contributed by atoms with Crippen LogP contribution in [-0.2, 0) is 28.6 Å². The monoisotopic (exact) mass is 470 g/mol. The first kappa shape index (κ1) is 23.3. The lowest BCUT2D eigenvalue weighted by atomic mass is 10.0. The van der Waals surface area contributed by atoms with Crippen molar-refractivity contribution in [2.45, 2.75) is 44.8 Å². The molecule has 0 radical (unpaired) electrons. The molecule has 0 spiro atoms. The van der Waals surface area contributed by atoms with Gasteiger partial charge in [0.25, 0.3) is 11.8 Å². The maximum atomic E-state index is 13.6. The Morgan fingerprint density at radius 1 is 1.21 bits per heavy atom. The van der Waals surface area contributed by atoms with Gasteiger partial charge in [-0.25, -0.2) is 13.6 Å². The molecule has 1 unspecified atom stereocenters. The fourth-order valence-corrected chi connectivity index (χ4v) is 4.21. The topological polar surface area (TPSA) is 98.8 Å². The van der Waals surface area contributed by atoms with Crippen molar-refractivity contribution in [1.82, 2.24) is 15.1 Å². The number of piperidine rings is 1. The molecule has 1 fully saturated rings. The Morgan fingerprint density at radius 3 is 2.65 bits per heavy atom. The SMILES string of the molecule is CN(Cc1cccc2c1CN(C1CCC(=O)NC1=O)C2=O)C(=O)Nc1cccc(C(C)(F)F)c1. The summed E-state index contributed by atoms with van der Waals surface area (Å²) in [6.07, 6.45) is 0.426. The number of rotatable bonds is 5. The van der Waals surface area contributed by atoms with Gasteiger partial charge in [-0.3, -0.25) is 19.7 Å². The number of carbonyl (C=O) groups is 4. The number of benzene rings is 2. The molecule has 8 nitrogen and oxygen atoms in total. The Hall–Kier alpha value is -3.82. The normalized spacial score (nSPS) is 17.9. The van der Waals surface area contributed by atoms with Crippen molar-refractivity contribution in [1.29, 1.82) is 0 Å². The second kappa shape index (κ2) is 8.85. The lowest BCUT2D eigenvalue weighted by Gasteiger charge is -2.29. The minimum atomic E-state index is -3.03. The van der Waals surface area contributed by atoms with E-state index < -0.39 is 23.9 Å². The third-order valence-corrected chi connectivity index (χ3v) is 6.05. The number of nitrogens with zero attached hydrogens (tertiary/aromatic N) is 2. The van der Waals surface area contributed by atoms with Crippen molar-refractivity contribution < 1.29 is 28.0 Å². The summed E-state index contributed by atoms with van der Waals surface area (Å²) in [5.74, 6) is -4.17. The minimum absolute atomic E-state index is 0.162. The number of halogens is 2. The van der Waals surface area contributed by atoms with E-state index >= 15 is 0 Å². The smallest absolute Gasteiger partial charge is 0.321 e. The van der Waals surface area contributed by atoms with Crippen LogP contribution < -0.4 is 10.6 Å². The number of anilines is 1. The van der Waals surface area contributed by atoms with Crippen LogP contribution >= 0.6 is 0 Å². The molecule has 0 saturated carbocycles. The average molecular weight is 470 g/mol. The van der Waals surface area contributed by atoms with Gasteiger partial charge in [0.05, 0.1) is 0 Å². The molecule has 2 aliphatic rings. The van der Waals surface area contributed by atoms with Crippen LogP contribution in [0, 0.1) is 0 Å². The molecule has 0 aromatic heterocycles. The van der Waals surface area contributed by atoms with Gasteiger partial charge in [0, 0.05) is 50.3 Å². The van der Waals surface area contributed by atoms with Gasteiger partial charge in [0.1, 0.15) is 6.04 Å². The largest absolute Gasteiger partial charge is 0.323 e. The summed E-state index contributed by atoms with van der Waals surface area (Å²) >= 11 is 0. The van der Waals surface area contributed by atoms with Gasteiger partial charge in [-0.1, -0.05) is 24.3 Å². The zero-order valence-electron chi connectivity index (χ0n) is 18.7. The number of carbonyl (C=O) groups excluding carboxylic acids is 4. The second-order valence-corrected chi connectivity index (χ2v) is 8.60. The molecule has 0 aliphatic carbocycles. The van der Waals surface area contributed by atoms with Gasteiger partial charge < -0.3 is 15.1 Å². The predicted molar refractivity (Wildman–Crippen MR) is 119 cm³/mol. The molecule has 2 aliphatic heterocycles. The van der Waals surface area contributed by atoms with Crippen LogP contribution in [0.2, 0.25) is 0 Å². The molecule has 2 heterocycles. The van der Waals surface area contributed by atoms with Crippen LogP contribution in [0.15, 0.2) is 42.5 Å². The quantitative estimate of drug-likeness (QED) is 0.656. The second-order valence-electron chi connectivity index (χ2n) is 8.60. The number of nitrogens with one attached hydrogen (secondary N) is 2. The molecule has 1 atom stereocenters. The first-order chi connectivity index (χ1) is 16.0. The molecule has 34 heavy (non-hydrogen) atoms. The third kappa shape index (κ3) is 4.61. The lowest BCUT2D eigenvalue weighted by molar-refractivity contribution is -0.136. The van der Waals surface area contributed by atoms with E-state index in [-0.39, 0.29) is 49.0 Å². The van der Waals surface area contributed by atoms with Crippen molar-refractivity contribution in [2.75, 3.05) is 12.4 Å². The van der Waals surface area contributed by atoms with Gasteiger partial charge >= 0.3 is 6.03 Å². The van der Waals surface area contributed by atoms with Crippen molar-refractivity contribution in [3.05, 3.63) is 64.7 Å². The zero-order valence-corrected chi connectivity index (χ0v) is 18.7. The van der Waals surface area contributed by atoms with E-state index in [1.54, 1.807) is 25.2 Å². The zero-order chi connectivity index (χ0) is 24.6. The van der Waals surface area contributed by atoms with E-state index in [2.05, 4.69) is 10.6 Å². The van der Waals surface area contributed by atoms with E-state index in [1.165, 1.54) is 34.1 Å². The van der Waals surface area contributed by atoms with Gasteiger partial charge in [-0.2, -0.15) is 0 Å². The van der Waals surface area contributed by atoms with E-state index in [4.69, 9.17) is 0 Å². The van der Waals surface area contributed by atoms with Crippen molar-refractivity contribution in [3.63, 3.8) is 0 Å². The molecule has 2 N–H and O–H groups in total. The van der Waals surface area contributed by atoms with Crippen LogP contribution in [0.3, 0.4) is 0 Å². The molecule has 2 aromatic rings. The molecular formula is C24H24F2N4O4. The number of imide groups is 1. The Morgan fingerprint density at radius 2 is 1.94 bits per heavy atom. The maximum Gasteiger partial charge on any atom is 0.321 e. The maximum absolute atomic E-state index is 13.6. The first-order valence-corrected chi connectivity index (χ1v) is 10.8. The molecule has 0 bridgehead atoms. The van der Waals surface area contributed by atoms with Crippen LogP contribution in [0.4, 0.5) is 19.3 Å². The fraction of sp³-hybridized carbons (Fsp3) is 0.333. The summed E-state index contributed by atoms with van der Waals surface area (Å²) in [5, 5.41) is 4.88. The summed E-state index contributed by atoms with van der Waals surface area (Å²) < 4.78 is 27.2. The highest BCUT2D eigenvalue weighted by molar-refractivity contribution is 6.05. The molecule has 4 rings (SSSR count). The summed E-state index contributed by atoms with van der Waals surface area (Å²) in [6.45, 7) is 1.14. The molecule has 5 amide bonds. The van der Waals surface area contributed by atoms with Gasteiger partial charge in [0.15, 0.2) is 0 Å². The van der Waals surface area contributed by atoms with E-state index in [0.717, 1.165) is 12.5 Å². The minimum Gasteiger partial charge on any atom is -0.323 e. The Kier molecular flexibility index (Phi) is 6.07. The Labute approximate surface area is 194 Å². The number of alkyl halides is 2. The van der Waals surface area contributed by atoms with Gasteiger partial charge in [0.2, 0.25) is 11.8 Å². The Balaban J connectivity index is 1.47. The summed E-state index contributed by atoms with van der Waals surface area (Å²) in [7, 11) is 1.56. The molecule has 1 saturated heterocycles. The van der Waals surface area contributed by atoms with Crippen LogP contribution in [0.1, 0.15) is 46.8 Å². The number of fused-ring (bicyclic) bond motifs is 1. The Bertz CT molecular complexity index is 1180. The number of amides is 5. The standard InChI is InChI=1S/C24H24F2N4O4/c1-24(25,26)15-6-4-7-16(11-15)27-23(34)29(2)12-14-5-3-8-17-18(14)13-30(22(17)33)19-9-10-20(31)28-21(19)32/h3-8,11,19H,9-10,12-13H2,1-2H3,(H,27,34)(H,28,31,32). The van der Waals surface area contributed by atoms with Gasteiger partial charge in [-0.05, 0) is 35.7 Å². The molecular weight excluding hydrogens is 446 g/mol. The number of urea groups is 1. The molecule has 2 aromatic carbocycles. The van der Waals surface area contributed by atoms with Crippen molar-refractivity contribution >= 4 is 29.4 Å². The fourth-order valence-electron chi connectivity index (χ4n) is 4.21. The summed E-state index contributed by atoms with van der Waals surface area (Å²) in [5.41, 5.74) is 1.93. The van der Waals surface area contributed by atoms with Crippen LogP contribution in [-0.4, -0.2) is 46.6 Å². The van der Waals surface area contributed by atoms with Gasteiger partial charge in [-0.15, -0.1) is 0 Å². The predicted octanol–water partition coefficient (Wildman–Crippen LogP) is 3.22. The van der Waals surface area contributed by atoms with E-state index in [9.17, 15) is 28.0 Å². The third-order valence-electron chi connectivity index (χ3n) is 6.05. The van der Waals surface area contributed by atoms with Crippen molar-refractivity contribution in [2.24, 2.45) is 0 Å². The summed E-state index contributed by atoms with van der Waals surface area (Å²) in [6, 6.07) is 9.43. The number of hydrogen-bond acceptors (Lipinski definition) is 4. The molecule has 178 valence electrons. The number of hydrogen-bond donors (Lipinski definition) is 2. The highest BCUT2D eigenvalue weighted by Crippen LogP contribution is 2.31. The molecule has 10 heteroatoms. The van der Waals surface area contributed by atoms with Crippen molar-refractivity contribution in [3.8, 4) is 0 Å². The highest BCUT2D eigenvalue weighted by Gasteiger charge is 2.39. The van der Waals surface area contributed by atoms with Crippen LogP contribution in [0.5, 0.6) is 0 Å².